The Bertz CT molecular complexity index is 1100. The molecular formula is C26H30N4O3S. The molecule has 0 saturated carbocycles. The standard InChI is InChI=1S/C26H30N4O3S/c1-18-6-8-23(9-7-18)34-26-24(27-10-11-28-26)30-12-4-5-20(17-30)25(31)29-16-19-13-21(32-2)15-22(14-19)33-3/h6-11,13-15,20H,4-5,12,16-17H2,1-3H3,(H,29,31). The number of aromatic nitrogens is 2. The molecule has 3 aromatic rings. The summed E-state index contributed by atoms with van der Waals surface area (Å²) in [5, 5.41) is 3.94. The number of carbonyl (C=O) groups excluding carboxylic acids is 1. The average molecular weight is 479 g/mol. The molecule has 1 aromatic heterocycles. The lowest BCUT2D eigenvalue weighted by atomic mass is 9.97. The molecule has 178 valence electrons. The van der Waals surface area contributed by atoms with E-state index in [1.807, 2.05) is 18.2 Å². The third-order valence-corrected chi connectivity index (χ3v) is 6.84. The summed E-state index contributed by atoms with van der Waals surface area (Å²) < 4.78 is 10.7. The summed E-state index contributed by atoms with van der Waals surface area (Å²) in [6, 6.07) is 14.0. The van der Waals surface area contributed by atoms with Gasteiger partial charge in [-0.2, -0.15) is 0 Å². The van der Waals surface area contributed by atoms with Gasteiger partial charge in [0, 0.05) is 43.0 Å². The van der Waals surface area contributed by atoms with Crippen LogP contribution in [0.15, 0.2) is 64.8 Å². The maximum absolute atomic E-state index is 13.0. The number of benzene rings is 2. The lowest BCUT2D eigenvalue weighted by Gasteiger charge is -2.33. The first-order valence-corrected chi connectivity index (χ1v) is 12.2. The monoisotopic (exact) mass is 478 g/mol. The van der Waals surface area contributed by atoms with E-state index in [9.17, 15) is 4.79 Å². The Hall–Kier alpha value is -3.26. The van der Waals surface area contributed by atoms with Crippen LogP contribution in [0.5, 0.6) is 11.5 Å². The summed E-state index contributed by atoms with van der Waals surface area (Å²) in [6.07, 6.45) is 5.21. The van der Waals surface area contributed by atoms with Gasteiger partial charge in [0.2, 0.25) is 5.91 Å². The van der Waals surface area contributed by atoms with Gasteiger partial charge in [-0.1, -0.05) is 29.5 Å². The Balaban J connectivity index is 1.42. The molecule has 1 atom stereocenters. The van der Waals surface area contributed by atoms with Gasteiger partial charge in [-0.3, -0.25) is 4.79 Å². The average Bonchev–Trinajstić information content (AvgIpc) is 2.88. The third-order valence-electron chi connectivity index (χ3n) is 5.85. The Morgan fingerprint density at radius 3 is 2.50 bits per heavy atom. The lowest BCUT2D eigenvalue weighted by Crippen LogP contribution is -2.43. The Labute approximate surface area is 204 Å². The summed E-state index contributed by atoms with van der Waals surface area (Å²) in [5.41, 5.74) is 2.16. The second-order valence-corrected chi connectivity index (χ2v) is 9.39. The van der Waals surface area contributed by atoms with Gasteiger partial charge >= 0.3 is 0 Å². The van der Waals surface area contributed by atoms with Gasteiger partial charge in [-0.05, 0) is 49.6 Å². The fourth-order valence-electron chi connectivity index (χ4n) is 4.01. The van der Waals surface area contributed by atoms with Gasteiger partial charge in [0.25, 0.3) is 0 Å². The van der Waals surface area contributed by atoms with Gasteiger partial charge in [-0.15, -0.1) is 0 Å². The second-order valence-electron chi connectivity index (χ2n) is 8.32. The van der Waals surface area contributed by atoms with Gasteiger partial charge in [0.05, 0.1) is 20.1 Å². The smallest absolute Gasteiger partial charge is 0.225 e. The van der Waals surface area contributed by atoms with Crippen molar-refractivity contribution >= 4 is 23.5 Å². The number of piperidine rings is 1. The Morgan fingerprint density at radius 1 is 1.09 bits per heavy atom. The van der Waals surface area contributed by atoms with E-state index in [1.165, 1.54) is 5.56 Å². The number of carbonyl (C=O) groups is 1. The number of methoxy groups -OCH3 is 2. The quantitative estimate of drug-likeness (QED) is 0.511. The molecule has 0 bridgehead atoms. The summed E-state index contributed by atoms with van der Waals surface area (Å²) >= 11 is 1.60. The van der Waals surface area contributed by atoms with Crippen molar-refractivity contribution in [1.82, 2.24) is 15.3 Å². The number of hydrogen-bond acceptors (Lipinski definition) is 7. The van der Waals surface area contributed by atoms with Crippen molar-refractivity contribution < 1.29 is 14.3 Å². The van der Waals surface area contributed by atoms with Crippen LogP contribution >= 0.6 is 11.8 Å². The van der Waals surface area contributed by atoms with Crippen LogP contribution in [0.25, 0.3) is 0 Å². The number of rotatable bonds is 8. The van der Waals surface area contributed by atoms with E-state index in [0.29, 0.717) is 24.6 Å². The molecule has 2 heterocycles. The summed E-state index contributed by atoms with van der Waals surface area (Å²) in [5.74, 6) is 2.18. The Kier molecular flexibility index (Phi) is 7.90. The van der Waals surface area contributed by atoms with E-state index in [1.54, 1.807) is 38.4 Å². The van der Waals surface area contributed by atoms with Crippen molar-refractivity contribution in [3.05, 3.63) is 66.0 Å². The normalized spacial score (nSPS) is 15.6. The van der Waals surface area contributed by atoms with Crippen LogP contribution in [0, 0.1) is 12.8 Å². The number of anilines is 1. The highest BCUT2D eigenvalue weighted by Gasteiger charge is 2.28. The second kappa shape index (κ2) is 11.2. The van der Waals surface area contributed by atoms with E-state index in [-0.39, 0.29) is 11.8 Å². The third kappa shape index (κ3) is 5.99. The minimum atomic E-state index is -0.111. The van der Waals surface area contributed by atoms with Crippen molar-refractivity contribution in [2.45, 2.75) is 36.2 Å². The zero-order chi connectivity index (χ0) is 23.9. The van der Waals surface area contributed by atoms with Gasteiger partial charge in [-0.25, -0.2) is 9.97 Å². The number of aryl methyl sites for hydroxylation is 1. The molecule has 1 amide bonds. The fraction of sp³-hybridized carbons (Fsp3) is 0.346. The van der Waals surface area contributed by atoms with E-state index in [4.69, 9.17) is 9.47 Å². The van der Waals surface area contributed by atoms with Crippen LogP contribution in [-0.2, 0) is 11.3 Å². The molecule has 34 heavy (non-hydrogen) atoms. The van der Waals surface area contributed by atoms with Crippen LogP contribution in [0.3, 0.4) is 0 Å². The number of nitrogens with one attached hydrogen (secondary N) is 1. The molecule has 1 aliphatic heterocycles. The molecule has 0 spiro atoms. The molecule has 8 heteroatoms. The van der Waals surface area contributed by atoms with E-state index >= 15 is 0 Å². The van der Waals surface area contributed by atoms with Crippen LogP contribution < -0.4 is 19.7 Å². The molecule has 4 rings (SSSR count). The topological polar surface area (TPSA) is 76.6 Å². The molecule has 0 aliphatic carbocycles. The SMILES string of the molecule is COc1cc(CNC(=O)C2CCCN(c3nccnc3Sc3ccc(C)cc3)C2)cc(OC)c1. The van der Waals surface area contributed by atoms with Crippen molar-refractivity contribution in [2.75, 3.05) is 32.2 Å². The van der Waals surface area contributed by atoms with Crippen LogP contribution in [0.1, 0.15) is 24.0 Å². The highest BCUT2D eigenvalue weighted by Crippen LogP contribution is 2.34. The Morgan fingerprint density at radius 2 is 1.79 bits per heavy atom. The highest BCUT2D eigenvalue weighted by molar-refractivity contribution is 7.99. The number of ether oxygens (including phenoxy) is 2. The van der Waals surface area contributed by atoms with E-state index < -0.39 is 0 Å². The minimum absolute atomic E-state index is 0.0446. The number of nitrogens with zero attached hydrogens (tertiary/aromatic N) is 3. The number of amides is 1. The summed E-state index contributed by atoms with van der Waals surface area (Å²) in [7, 11) is 3.23. The van der Waals surface area contributed by atoms with E-state index in [2.05, 4.69) is 51.4 Å². The van der Waals surface area contributed by atoms with Crippen LogP contribution in [-0.4, -0.2) is 43.2 Å². The van der Waals surface area contributed by atoms with Crippen LogP contribution in [0.4, 0.5) is 5.82 Å². The minimum Gasteiger partial charge on any atom is -0.497 e. The molecule has 1 aliphatic rings. The first-order valence-electron chi connectivity index (χ1n) is 11.4. The van der Waals surface area contributed by atoms with Gasteiger partial charge in [0.1, 0.15) is 16.5 Å². The molecule has 0 radical (unpaired) electrons. The van der Waals surface area contributed by atoms with E-state index in [0.717, 1.165) is 40.7 Å². The van der Waals surface area contributed by atoms with Crippen LogP contribution in [0.2, 0.25) is 0 Å². The molecule has 1 saturated heterocycles. The van der Waals surface area contributed by atoms with Gasteiger partial charge < -0.3 is 19.7 Å². The number of hydrogen-bond donors (Lipinski definition) is 1. The predicted molar refractivity (Wildman–Crippen MR) is 134 cm³/mol. The van der Waals surface area contributed by atoms with Crippen molar-refractivity contribution in [3.63, 3.8) is 0 Å². The first-order chi connectivity index (χ1) is 16.6. The van der Waals surface area contributed by atoms with Crippen molar-refractivity contribution in [3.8, 4) is 11.5 Å². The molecule has 1 unspecified atom stereocenters. The molecule has 1 fully saturated rings. The molecule has 2 aromatic carbocycles. The van der Waals surface area contributed by atoms with Gasteiger partial charge in [0.15, 0.2) is 5.82 Å². The summed E-state index contributed by atoms with van der Waals surface area (Å²) in [6.45, 7) is 3.97. The fourth-order valence-corrected chi connectivity index (χ4v) is 4.89. The molecule has 7 nitrogen and oxygen atoms in total. The molecule has 1 N–H and O–H groups in total. The lowest BCUT2D eigenvalue weighted by molar-refractivity contribution is -0.125. The largest absolute Gasteiger partial charge is 0.497 e. The van der Waals surface area contributed by atoms with Crippen molar-refractivity contribution in [2.24, 2.45) is 5.92 Å². The summed E-state index contributed by atoms with van der Waals surface area (Å²) in [4.78, 5) is 25.5. The molecular weight excluding hydrogens is 448 g/mol. The highest BCUT2D eigenvalue weighted by atomic mass is 32.2. The maximum atomic E-state index is 13.0. The van der Waals surface area contributed by atoms with Crippen molar-refractivity contribution in [1.29, 1.82) is 0 Å². The first kappa shape index (κ1) is 23.9. The zero-order valence-electron chi connectivity index (χ0n) is 19.8. The zero-order valence-corrected chi connectivity index (χ0v) is 20.6. The predicted octanol–water partition coefficient (Wildman–Crippen LogP) is 4.49. The maximum Gasteiger partial charge on any atom is 0.225 e.